The Hall–Kier alpha value is -3.98. The predicted molar refractivity (Wildman–Crippen MR) is 150 cm³/mol. The van der Waals surface area contributed by atoms with Crippen LogP contribution in [0.5, 0.6) is 0 Å². The van der Waals surface area contributed by atoms with Gasteiger partial charge in [0.05, 0.1) is 12.5 Å². The Balaban J connectivity index is 1.72. The van der Waals surface area contributed by atoms with Crippen molar-refractivity contribution < 1.29 is 24.3 Å². The summed E-state index contributed by atoms with van der Waals surface area (Å²) < 4.78 is 0.708. The molecule has 1 heterocycles. The average Bonchev–Trinajstić information content (AvgIpc) is 2.91. The number of carboxylic acids is 1. The first-order chi connectivity index (χ1) is 18.6. The van der Waals surface area contributed by atoms with Crippen molar-refractivity contribution in [3.63, 3.8) is 0 Å². The lowest BCUT2D eigenvalue weighted by molar-refractivity contribution is -0.138. The molecule has 1 saturated heterocycles. The molecule has 3 aromatic rings. The monoisotopic (exact) mass is 591 g/mol. The van der Waals surface area contributed by atoms with E-state index in [1.807, 2.05) is 38.1 Å². The number of nitrogens with zero attached hydrogens (tertiary/aromatic N) is 2. The number of benzene rings is 3. The van der Waals surface area contributed by atoms with E-state index in [1.54, 1.807) is 48.5 Å². The highest BCUT2D eigenvalue weighted by atomic mass is 79.9. The van der Waals surface area contributed by atoms with Gasteiger partial charge in [-0.05, 0) is 56.2 Å². The Labute approximate surface area is 235 Å². The topological polar surface area (TPSA) is 107 Å². The van der Waals surface area contributed by atoms with Gasteiger partial charge in [0, 0.05) is 28.7 Å². The van der Waals surface area contributed by atoms with Crippen LogP contribution in [-0.4, -0.2) is 57.9 Å². The Bertz CT molecular complexity index is 1390. The van der Waals surface area contributed by atoms with Crippen LogP contribution in [0.3, 0.4) is 0 Å². The molecule has 0 spiro atoms. The first-order valence-electron chi connectivity index (χ1n) is 12.7. The molecular weight excluding hydrogens is 562 g/mol. The van der Waals surface area contributed by atoms with Crippen LogP contribution >= 0.6 is 15.9 Å². The fourth-order valence-electron chi connectivity index (χ4n) is 4.74. The second-order valence-corrected chi connectivity index (χ2v) is 10.6. The second kappa shape index (κ2) is 12.3. The summed E-state index contributed by atoms with van der Waals surface area (Å²) >= 11 is 3.39. The standard InChI is InChI=1S/C30H30BrN3O5/c1-19-10-12-21(13-11-19)29(38)33-14-5-15-34(30(39)23-8-4-9-24(31)17-23)28(33)27(37)32-25(18-26(35)36)22-7-3-6-20(2)16-22/h3-4,6-13,16-17,25,28H,5,14-15,18H2,1-2H3,(H,32,37)(H,35,36). The molecule has 1 aliphatic heterocycles. The summed E-state index contributed by atoms with van der Waals surface area (Å²) in [6.45, 7) is 4.32. The Kier molecular flexibility index (Phi) is 8.81. The van der Waals surface area contributed by atoms with Crippen LogP contribution in [0, 0.1) is 13.8 Å². The van der Waals surface area contributed by atoms with Gasteiger partial charge in [-0.25, -0.2) is 0 Å². The zero-order chi connectivity index (χ0) is 28.1. The van der Waals surface area contributed by atoms with E-state index in [4.69, 9.17) is 0 Å². The van der Waals surface area contributed by atoms with Gasteiger partial charge in [-0.15, -0.1) is 0 Å². The van der Waals surface area contributed by atoms with Crippen LogP contribution in [0.25, 0.3) is 0 Å². The molecule has 8 nitrogen and oxygen atoms in total. The number of carbonyl (C=O) groups is 4. The first kappa shape index (κ1) is 28.0. The SMILES string of the molecule is Cc1ccc(C(=O)N2CCCN(C(=O)c3cccc(Br)c3)C2C(=O)NC(CC(=O)O)c2cccc(C)c2)cc1. The summed E-state index contributed by atoms with van der Waals surface area (Å²) in [5, 5.41) is 12.4. The van der Waals surface area contributed by atoms with Crippen molar-refractivity contribution in [2.75, 3.05) is 13.1 Å². The molecule has 1 fully saturated rings. The van der Waals surface area contributed by atoms with Crippen molar-refractivity contribution in [1.29, 1.82) is 0 Å². The van der Waals surface area contributed by atoms with E-state index in [0.717, 1.165) is 11.1 Å². The number of amides is 3. The van der Waals surface area contributed by atoms with Gasteiger partial charge < -0.3 is 20.2 Å². The van der Waals surface area contributed by atoms with Crippen LogP contribution < -0.4 is 5.32 Å². The molecule has 0 aliphatic carbocycles. The molecule has 0 saturated carbocycles. The van der Waals surface area contributed by atoms with Crippen molar-refractivity contribution in [2.45, 2.75) is 38.9 Å². The predicted octanol–water partition coefficient (Wildman–Crippen LogP) is 4.71. The minimum atomic E-state index is -1.26. The molecule has 3 amide bonds. The third-order valence-electron chi connectivity index (χ3n) is 6.65. The van der Waals surface area contributed by atoms with Gasteiger partial charge >= 0.3 is 5.97 Å². The Morgan fingerprint density at radius 1 is 0.872 bits per heavy atom. The number of rotatable bonds is 7. The quantitative estimate of drug-likeness (QED) is 0.413. The largest absolute Gasteiger partial charge is 0.481 e. The van der Waals surface area contributed by atoms with Crippen molar-refractivity contribution >= 4 is 39.6 Å². The summed E-state index contributed by atoms with van der Waals surface area (Å²) in [5.74, 6) is -2.48. The molecule has 202 valence electrons. The summed E-state index contributed by atoms with van der Waals surface area (Å²) in [7, 11) is 0. The maximum absolute atomic E-state index is 14.0. The van der Waals surface area contributed by atoms with Crippen LogP contribution in [0.15, 0.2) is 77.3 Å². The maximum Gasteiger partial charge on any atom is 0.305 e. The van der Waals surface area contributed by atoms with Gasteiger partial charge in [0.2, 0.25) is 0 Å². The molecule has 0 radical (unpaired) electrons. The van der Waals surface area contributed by atoms with Crippen molar-refractivity contribution in [1.82, 2.24) is 15.1 Å². The molecule has 9 heteroatoms. The van der Waals surface area contributed by atoms with Crippen molar-refractivity contribution in [3.05, 3.63) is 105 Å². The molecular formula is C30H30BrN3O5. The number of aryl methyl sites for hydroxylation is 2. The van der Waals surface area contributed by atoms with Gasteiger partial charge in [0.15, 0.2) is 6.17 Å². The van der Waals surface area contributed by atoms with Gasteiger partial charge in [0.1, 0.15) is 0 Å². The number of hydrogen-bond acceptors (Lipinski definition) is 4. The third kappa shape index (κ3) is 6.72. The zero-order valence-corrected chi connectivity index (χ0v) is 23.3. The number of hydrogen-bond donors (Lipinski definition) is 2. The molecule has 0 bridgehead atoms. The molecule has 2 atom stereocenters. The fraction of sp³-hybridized carbons (Fsp3) is 0.267. The van der Waals surface area contributed by atoms with E-state index in [9.17, 15) is 24.3 Å². The third-order valence-corrected chi connectivity index (χ3v) is 7.15. The van der Waals surface area contributed by atoms with Crippen LogP contribution in [0.2, 0.25) is 0 Å². The second-order valence-electron chi connectivity index (χ2n) is 9.67. The van der Waals surface area contributed by atoms with Gasteiger partial charge in [-0.1, -0.05) is 69.5 Å². The van der Waals surface area contributed by atoms with Gasteiger partial charge in [0.25, 0.3) is 17.7 Å². The summed E-state index contributed by atoms with van der Waals surface area (Å²) in [6, 6.07) is 20.3. The molecule has 2 N–H and O–H groups in total. The van der Waals surface area contributed by atoms with Crippen LogP contribution in [-0.2, 0) is 9.59 Å². The zero-order valence-electron chi connectivity index (χ0n) is 21.8. The maximum atomic E-state index is 14.0. The Morgan fingerprint density at radius 3 is 2.13 bits per heavy atom. The lowest BCUT2D eigenvalue weighted by atomic mass is 10.0. The van der Waals surface area contributed by atoms with E-state index in [2.05, 4.69) is 21.2 Å². The van der Waals surface area contributed by atoms with Gasteiger partial charge in [-0.2, -0.15) is 0 Å². The number of carboxylic acid groups (broad SMARTS) is 1. The van der Waals surface area contributed by atoms with Crippen LogP contribution in [0.1, 0.15) is 56.3 Å². The molecule has 4 rings (SSSR count). The number of nitrogens with one attached hydrogen (secondary N) is 1. The molecule has 0 aromatic heterocycles. The first-order valence-corrected chi connectivity index (χ1v) is 13.5. The van der Waals surface area contributed by atoms with Gasteiger partial charge in [-0.3, -0.25) is 19.2 Å². The number of aliphatic carboxylic acids is 1. The minimum Gasteiger partial charge on any atom is -0.481 e. The smallest absolute Gasteiger partial charge is 0.305 e. The fourth-order valence-corrected chi connectivity index (χ4v) is 5.14. The highest BCUT2D eigenvalue weighted by Gasteiger charge is 2.41. The van der Waals surface area contributed by atoms with Crippen molar-refractivity contribution in [2.24, 2.45) is 0 Å². The minimum absolute atomic E-state index is 0.259. The molecule has 3 aromatic carbocycles. The highest BCUT2D eigenvalue weighted by Crippen LogP contribution is 2.25. The molecule has 1 aliphatic rings. The lowest BCUT2D eigenvalue weighted by Gasteiger charge is -2.43. The van der Waals surface area contributed by atoms with Crippen LogP contribution in [0.4, 0.5) is 0 Å². The van der Waals surface area contributed by atoms with E-state index in [1.165, 1.54) is 9.80 Å². The van der Waals surface area contributed by atoms with E-state index in [-0.39, 0.29) is 25.4 Å². The molecule has 2 unspecified atom stereocenters. The number of halogens is 1. The van der Waals surface area contributed by atoms with E-state index >= 15 is 0 Å². The normalized spacial score (nSPS) is 15.9. The Morgan fingerprint density at radius 2 is 1.51 bits per heavy atom. The highest BCUT2D eigenvalue weighted by molar-refractivity contribution is 9.10. The van der Waals surface area contributed by atoms with Crippen molar-refractivity contribution in [3.8, 4) is 0 Å². The van der Waals surface area contributed by atoms with E-state index < -0.39 is 30.0 Å². The average molecular weight is 592 g/mol. The summed E-state index contributed by atoms with van der Waals surface area (Å²) in [4.78, 5) is 55.8. The summed E-state index contributed by atoms with van der Waals surface area (Å²) in [6.07, 6.45) is -1.13. The molecule has 39 heavy (non-hydrogen) atoms. The lowest BCUT2D eigenvalue weighted by Crippen LogP contribution is -2.63. The number of carbonyl (C=O) groups excluding carboxylic acids is 3. The van der Waals surface area contributed by atoms with E-state index in [0.29, 0.717) is 27.6 Å². The summed E-state index contributed by atoms with van der Waals surface area (Å²) in [5.41, 5.74) is 3.30.